The second kappa shape index (κ2) is 5.54. The molecule has 0 saturated heterocycles. The second-order valence-electron chi connectivity index (χ2n) is 2.99. The third kappa shape index (κ3) is 3.52. The first-order valence-corrected chi connectivity index (χ1v) is 5.33. The summed E-state index contributed by atoms with van der Waals surface area (Å²) < 4.78 is 2.84. The third-order valence-electron chi connectivity index (χ3n) is 1.84. The molecular weight excluding hydrogens is 299 g/mol. The van der Waals surface area contributed by atoms with Gasteiger partial charge in [-0.2, -0.15) is 5.10 Å². The van der Waals surface area contributed by atoms with Crippen molar-refractivity contribution < 1.29 is 0 Å². The predicted octanol–water partition coefficient (Wildman–Crippen LogP) is 3.77. The zero-order chi connectivity index (χ0) is 9.97. The third-order valence-corrected chi connectivity index (χ3v) is 2.48. The summed E-state index contributed by atoms with van der Waals surface area (Å²) >= 11 is 9.23. The Labute approximate surface area is 108 Å². The molecule has 0 bridgehead atoms. The largest absolute Gasteiger partial charge is 0.267 e. The minimum atomic E-state index is 0. The minimum absolute atomic E-state index is 0. The predicted molar refractivity (Wildman–Crippen MR) is 67.7 cm³/mol. The average Bonchev–Trinajstić information content (AvgIpc) is 2.51. The van der Waals surface area contributed by atoms with Crippen LogP contribution in [0.15, 0.2) is 41.1 Å². The van der Waals surface area contributed by atoms with Crippen molar-refractivity contribution in [1.82, 2.24) is 9.78 Å². The van der Waals surface area contributed by atoms with E-state index >= 15 is 0 Å². The molecule has 15 heavy (non-hydrogen) atoms. The van der Waals surface area contributed by atoms with Gasteiger partial charge in [0, 0.05) is 11.2 Å². The molecule has 2 aromatic rings. The van der Waals surface area contributed by atoms with Crippen LogP contribution in [0.3, 0.4) is 0 Å². The van der Waals surface area contributed by atoms with Crippen LogP contribution in [0.25, 0.3) is 0 Å². The lowest BCUT2D eigenvalue weighted by molar-refractivity contribution is 0.686. The van der Waals surface area contributed by atoms with E-state index in [1.165, 1.54) is 0 Å². The Morgan fingerprint density at radius 3 is 2.80 bits per heavy atom. The SMILES string of the molecule is Cl.Clc1cccc(Cn2cc(Br)cn2)c1. The van der Waals surface area contributed by atoms with E-state index in [9.17, 15) is 0 Å². The monoisotopic (exact) mass is 306 g/mol. The van der Waals surface area contributed by atoms with Crippen molar-refractivity contribution in [2.75, 3.05) is 0 Å². The van der Waals surface area contributed by atoms with Crippen LogP contribution in [0.1, 0.15) is 5.56 Å². The van der Waals surface area contributed by atoms with Crippen LogP contribution in [0.5, 0.6) is 0 Å². The molecule has 1 aromatic carbocycles. The molecule has 0 radical (unpaired) electrons. The van der Waals surface area contributed by atoms with Crippen molar-refractivity contribution in [3.8, 4) is 0 Å². The van der Waals surface area contributed by atoms with Crippen molar-refractivity contribution >= 4 is 39.9 Å². The molecule has 0 fully saturated rings. The van der Waals surface area contributed by atoms with Gasteiger partial charge >= 0.3 is 0 Å². The van der Waals surface area contributed by atoms with Gasteiger partial charge in [-0.05, 0) is 33.6 Å². The Morgan fingerprint density at radius 2 is 2.20 bits per heavy atom. The molecule has 0 spiro atoms. The Bertz CT molecular complexity index is 442. The van der Waals surface area contributed by atoms with Gasteiger partial charge in [-0.25, -0.2) is 0 Å². The Hall–Kier alpha value is -0.510. The second-order valence-corrected chi connectivity index (χ2v) is 4.34. The number of benzene rings is 1. The van der Waals surface area contributed by atoms with Gasteiger partial charge in [0.2, 0.25) is 0 Å². The van der Waals surface area contributed by atoms with Gasteiger partial charge in [0.05, 0.1) is 17.2 Å². The summed E-state index contributed by atoms with van der Waals surface area (Å²) in [6.07, 6.45) is 3.70. The fraction of sp³-hybridized carbons (Fsp3) is 0.100. The minimum Gasteiger partial charge on any atom is -0.267 e. The Morgan fingerprint density at radius 1 is 1.40 bits per heavy atom. The van der Waals surface area contributed by atoms with Gasteiger partial charge in [-0.1, -0.05) is 23.7 Å². The lowest BCUT2D eigenvalue weighted by Gasteiger charge is -2.01. The molecule has 5 heteroatoms. The highest BCUT2D eigenvalue weighted by atomic mass is 79.9. The molecule has 1 heterocycles. The smallest absolute Gasteiger partial charge is 0.0660 e. The number of hydrogen-bond acceptors (Lipinski definition) is 1. The van der Waals surface area contributed by atoms with Crippen molar-refractivity contribution in [1.29, 1.82) is 0 Å². The first-order valence-electron chi connectivity index (χ1n) is 4.16. The van der Waals surface area contributed by atoms with Crippen LogP contribution >= 0.6 is 39.9 Å². The molecule has 0 unspecified atom stereocenters. The van der Waals surface area contributed by atoms with Crippen molar-refractivity contribution in [3.63, 3.8) is 0 Å². The number of aromatic nitrogens is 2. The van der Waals surface area contributed by atoms with Gasteiger partial charge < -0.3 is 0 Å². The molecule has 0 aliphatic rings. The first-order chi connectivity index (χ1) is 6.74. The van der Waals surface area contributed by atoms with E-state index in [4.69, 9.17) is 11.6 Å². The van der Waals surface area contributed by atoms with E-state index < -0.39 is 0 Å². The van der Waals surface area contributed by atoms with Crippen molar-refractivity contribution in [2.24, 2.45) is 0 Å². The highest BCUT2D eigenvalue weighted by molar-refractivity contribution is 9.10. The van der Waals surface area contributed by atoms with E-state index in [-0.39, 0.29) is 12.4 Å². The van der Waals surface area contributed by atoms with Gasteiger partial charge in [-0.15, -0.1) is 12.4 Å². The molecule has 0 aliphatic carbocycles. The van der Waals surface area contributed by atoms with Crippen LogP contribution in [0.2, 0.25) is 5.02 Å². The fourth-order valence-corrected chi connectivity index (χ4v) is 1.79. The molecule has 0 saturated carbocycles. The summed E-state index contributed by atoms with van der Waals surface area (Å²) in [6, 6.07) is 7.78. The van der Waals surface area contributed by atoms with E-state index in [2.05, 4.69) is 21.0 Å². The molecule has 0 N–H and O–H groups in total. The number of nitrogens with zero attached hydrogens (tertiary/aromatic N) is 2. The first kappa shape index (κ1) is 12.6. The molecule has 2 nitrogen and oxygen atoms in total. The van der Waals surface area contributed by atoms with E-state index in [0.717, 1.165) is 21.6 Å². The normalized spacial score (nSPS) is 9.73. The summed E-state index contributed by atoms with van der Waals surface area (Å²) in [5, 5.41) is 4.93. The van der Waals surface area contributed by atoms with E-state index in [1.54, 1.807) is 6.20 Å². The van der Waals surface area contributed by atoms with Crippen LogP contribution in [-0.2, 0) is 6.54 Å². The highest BCUT2D eigenvalue weighted by Crippen LogP contribution is 2.13. The standard InChI is InChI=1S/C10H8BrClN2.ClH/c11-9-5-13-14(7-9)6-8-2-1-3-10(12)4-8;/h1-5,7H,6H2;1H. The number of halogens is 3. The van der Waals surface area contributed by atoms with Crippen LogP contribution in [-0.4, -0.2) is 9.78 Å². The molecule has 0 amide bonds. The zero-order valence-electron chi connectivity index (χ0n) is 7.73. The van der Waals surface area contributed by atoms with Gasteiger partial charge in [-0.3, -0.25) is 4.68 Å². The molecular formula is C10H9BrCl2N2. The van der Waals surface area contributed by atoms with Crippen LogP contribution in [0.4, 0.5) is 0 Å². The van der Waals surface area contributed by atoms with Crippen LogP contribution < -0.4 is 0 Å². The molecule has 2 rings (SSSR count). The maximum atomic E-state index is 5.88. The Balaban J connectivity index is 0.00000112. The lowest BCUT2D eigenvalue weighted by atomic mass is 10.2. The Kier molecular flexibility index (Phi) is 4.64. The summed E-state index contributed by atoms with van der Waals surface area (Å²) in [6.45, 7) is 0.742. The maximum absolute atomic E-state index is 5.88. The van der Waals surface area contributed by atoms with Gasteiger partial charge in [0.25, 0.3) is 0 Å². The summed E-state index contributed by atoms with van der Waals surface area (Å²) in [4.78, 5) is 0. The lowest BCUT2D eigenvalue weighted by Crippen LogP contribution is -1.99. The van der Waals surface area contributed by atoms with E-state index in [0.29, 0.717) is 0 Å². The highest BCUT2D eigenvalue weighted by Gasteiger charge is 1.97. The van der Waals surface area contributed by atoms with Crippen molar-refractivity contribution in [3.05, 3.63) is 51.7 Å². The quantitative estimate of drug-likeness (QED) is 0.826. The molecule has 1 aromatic heterocycles. The van der Waals surface area contributed by atoms with E-state index in [1.807, 2.05) is 35.1 Å². The zero-order valence-corrected chi connectivity index (χ0v) is 10.9. The van der Waals surface area contributed by atoms with Gasteiger partial charge in [0.15, 0.2) is 0 Å². The number of rotatable bonds is 2. The van der Waals surface area contributed by atoms with Crippen LogP contribution in [0, 0.1) is 0 Å². The van der Waals surface area contributed by atoms with Gasteiger partial charge in [0.1, 0.15) is 0 Å². The topological polar surface area (TPSA) is 17.8 Å². The molecule has 80 valence electrons. The van der Waals surface area contributed by atoms with Crippen molar-refractivity contribution in [2.45, 2.75) is 6.54 Å². The fourth-order valence-electron chi connectivity index (χ4n) is 1.25. The number of hydrogen-bond donors (Lipinski definition) is 0. The summed E-state index contributed by atoms with van der Waals surface area (Å²) in [5.41, 5.74) is 1.15. The maximum Gasteiger partial charge on any atom is 0.0660 e. The summed E-state index contributed by atoms with van der Waals surface area (Å²) in [7, 11) is 0. The molecule has 0 aliphatic heterocycles. The summed E-state index contributed by atoms with van der Waals surface area (Å²) in [5.74, 6) is 0. The molecule has 0 atom stereocenters. The average molecular weight is 308 g/mol.